The molecule has 0 radical (unpaired) electrons. The van der Waals surface area contributed by atoms with Crippen LogP contribution in [0.15, 0.2) is 18.2 Å². The van der Waals surface area contributed by atoms with Gasteiger partial charge in [0.25, 0.3) is 5.69 Å². The molecule has 0 heterocycles. The molecular formula is C11H13N3O4. The molecule has 1 rings (SSSR count). The Morgan fingerprint density at radius 1 is 1.50 bits per heavy atom. The van der Waals surface area contributed by atoms with Gasteiger partial charge in [-0.3, -0.25) is 19.7 Å². The Labute approximate surface area is 103 Å². The number of amides is 1. The lowest BCUT2D eigenvalue weighted by Gasteiger charge is -2.07. The van der Waals surface area contributed by atoms with Gasteiger partial charge in [0.2, 0.25) is 5.91 Å². The summed E-state index contributed by atoms with van der Waals surface area (Å²) in [6.45, 7) is 2.21. The van der Waals surface area contributed by atoms with Gasteiger partial charge in [0.15, 0.2) is 0 Å². The lowest BCUT2D eigenvalue weighted by atomic mass is 10.2. The van der Waals surface area contributed by atoms with Gasteiger partial charge in [0.1, 0.15) is 12.0 Å². The molecule has 1 aromatic carbocycles. The topological polar surface area (TPSA) is 101 Å². The second-order valence-electron chi connectivity index (χ2n) is 3.46. The number of carbonyl (C=O) groups excluding carboxylic acids is 2. The number of benzene rings is 1. The summed E-state index contributed by atoms with van der Waals surface area (Å²) in [4.78, 5) is 32.0. The van der Waals surface area contributed by atoms with Gasteiger partial charge >= 0.3 is 0 Å². The molecule has 7 heteroatoms. The number of hydrogen-bond donors (Lipinski definition) is 2. The van der Waals surface area contributed by atoms with Crippen LogP contribution in [0.3, 0.4) is 0 Å². The average molecular weight is 251 g/mol. The molecule has 0 saturated carbocycles. The number of nitro groups is 1. The van der Waals surface area contributed by atoms with E-state index in [0.29, 0.717) is 12.8 Å². The van der Waals surface area contributed by atoms with E-state index in [2.05, 4.69) is 10.6 Å². The molecule has 96 valence electrons. The highest BCUT2D eigenvalue weighted by Gasteiger charge is 2.14. The molecule has 1 aromatic rings. The Hall–Kier alpha value is -2.44. The first-order valence-electron chi connectivity index (χ1n) is 5.32. The zero-order chi connectivity index (χ0) is 13.5. The number of likely N-dealkylation sites (N-methyl/N-ethyl adjacent to an activating group) is 1. The van der Waals surface area contributed by atoms with Crippen LogP contribution in [0.25, 0.3) is 0 Å². The predicted octanol–water partition coefficient (Wildman–Crippen LogP) is 0.955. The molecule has 2 N–H and O–H groups in total. The molecule has 0 unspecified atom stereocenters. The molecule has 0 atom stereocenters. The van der Waals surface area contributed by atoms with Crippen LogP contribution in [0.1, 0.15) is 17.3 Å². The van der Waals surface area contributed by atoms with Gasteiger partial charge in [-0.1, -0.05) is 0 Å². The summed E-state index contributed by atoms with van der Waals surface area (Å²) in [6, 6.07) is 4.01. The van der Waals surface area contributed by atoms with Gasteiger partial charge < -0.3 is 10.6 Å². The summed E-state index contributed by atoms with van der Waals surface area (Å²) < 4.78 is 0. The highest BCUT2D eigenvalue weighted by atomic mass is 16.6. The van der Waals surface area contributed by atoms with Crippen molar-refractivity contribution >= 4 is 23.6 Å². The third-order valence-corrected chi connectivity index (χ3v) is 2.17. The number of hydrogen-bond acceptors (Lipinski definition) is 5. The molecule has 0 aliphatic rings. The maximum absolute atomic E-state index is 11.2. The number of nitrogens with zero attached hydrogens (tertiary/aromatic N) is 1. The van der Waals surface area contributed by atoms with E-state index in [1.54, 1.807) is 6.92 Å². The Kier molecular flexibility index (Phi) is 4.79. The second kappa shape index (κ2) is 6.33. The number of carbonyl (C=O) groups is 2. The summed E-state index contributed by atoms with van der Waals surface area (Å²) in [6.07, 6.45) is 0.528. The molecule has 0 spiro atoms. The summed E-state index contributed by atoms with van der Waals surface area (Å²) in [5, 5.41) is 16.0. The van der Waals surface area contributed by atoms with Gasteiger partial charge in [0.05, 0.1) is 11.5 Å². The van der Waals surface area contributed by atoms with Gasteiger partial charge in [-0.05, 0) is 19.1 Å². The van der Waals surface area contributed by atoms with Crippen molar-refractivity contribution in [3.05, 3.63) is 33.9 Å². The largest absolute Gasteiger partial charge is 0.371 e. The Morgan fingerprint density at radius 2 is 2.22 bits per heavy atom. The summed E-state index contributed by atoms with van der Waals surface area (Å²) in [5.74, 6) is -0.258. The van der Waals surface area contributed by atoms with E-state index in [1.807, 2.05) is 0 Å². The van der Waals surface area contributed by atoms with E-state index in [9.17, 15) is 19.7 Å². The molecule has 0 aliphatic carbocycles. The molecule has 0 saturated heterocycles. The van der Waals surface area contributed by atoms with E-state index in [4.69, 9.17) is 0 Å². The zero-order valence-corrected chi connectivity index (χ0v) is 9.80. The van der Waals surface area contributed by atoms with Crippen LogP contribution in [-0.2, 0) is 4.79 Å². The highest BCUT2D eigenvalue weighted by Crippen LogP contribution is 2.24. The molecule has 7 nitrogen and oxygen atoms in total. The Balaban J connectivity index is 2.84. The summed E-state index contributed by atoms with van der Waals surface area (Å²) in [7, 11) is 0. The second-order valence-corrected chi connectivity index (χ2v) is 3.46. The Bertz CT molecular complexity index is 473. The van der Waals surface area contributed by atoms with Crippen molar-refractivity contribution in [3.8, 4) is 0 Å². The standard InChI is InChI=1S/C11H13N3O4/c1-2-12-11(16)6-13-9-4-3-8(7-15)5-10(9)14(17)18/h3-5,7,13H,2,6H2,1H3,(H,12,16). The van der Waals surface area contributed by atoms with Crippen LogP contribution in [-0.4, -0.2) is 30.2 Å². The molecule has 0 aromatic heterocycles. The maximum Gasteiger partial charge on any atom is 0.293 e. The van der Waals surface area contributed by atoms with Crippen LogP contribution in [0.4, 0.5) is 11.4 Å². The van der Waals surface area contributed by atoms with Gasteiger partial charge in [-0.2, -0.15) is 0 Å². The number of anilines is 1. The third-order valence-electron chi connectivity index (χ3n) is 2.17. The minimum atomic E-state index is -0.604. The maximum atomic E-state index is 11.2. The van der Waals surface area contributed by atoms with E-state index >= 15 is 0 Å². The fourth-order valence-corrected chi connectivity index (χ4v) is 1.36. The molecule has 0 fully saturated rings. The third kappa shape index (κ3) is 3.55. The Morgan fingerprint density at radius 3 is 2.78 bits per heavy atom. The molecule has 0 bridgehead atoms. The van der Waals surface area contributed by atoms with Crippen molar-refractivity contribution < 1.29 is 14.5 Å². The number of nitrogens with one attached hydrogen (secondary N) is 2. The van der Waals surface area contributed by atoms with E-state index < -0.39 is 4.92 Å². The van der Waals surface area contributed by atoms with Crippen LogP contribution >= 0.6 is 0 Å². The van der Waals surface area contributed by atoms with Crippen LogP contribution in [0, 0.1) is 10.1 Å². The van der Waals surface area contributed by atoms with Crippen molar-refractivity contribution in [2.75, 3.05) is 18.4 Å². The summed E-state index contributed by atoms with van der Waals surface area (Å²) in [5.41, 5.74) is 0.186. The fraction of sp³-hybridized carbons (Fsp3) is 0.273. The van der Waals surface area contributed by atoms with Gasteiger partial charge in [0, 0.05) is 18.2 Å². The first-order chi connectivity index (χ1) is 8.58. The quantitative estimate of drug-likeness (QED) is 0.445. The monoisotopic (exact) mass is 251 g/mol. The first kappa shape index (κ1) is 13.6. The van der Waals surface area contributed by atoms with Crippen LogP contribution < -0.4 is 10.6 Å². The average Bonchev–Trinajstić information content (AvgIpc) is 2.36. The number of nitro benzene ring substituents is 1. The lowest BCUT2D eigenvalue weighted by molar-refractivity contribution is -0.384. The minimum absolute atomic E-state index is 0.0604. The van der Waals surface area contributed by atoms with Gasteiger partial charge in [-0.15, -0.1) is 0 Å². The van der Waals surface area contributed by atoms with Crippen LogP contribution in [0.5, 0.6) is 0 Å². The van der Waals surface area contributed by atoms with Gasteiger partial charge in [-0.25, -0.2) is 0 Å². The van der Waals surface area contributed by atoms with Crippen molar-refractivity contribution in [2.45, 2.75) is 6.92 Å². The van der Waals surface area contributed by atoms with E-state index in [-0.39, 0.29) is 29.4 Å². The van der Waals surface area contributed by atoms with Crippen molar-refractivity contribution in [2.24, 2.45) is 0 Å². The number of aldehydes is 1. The molecule has 18 heavy (non-hydrogen) atoms. The molecule has 0 aliphatic heterocycles. The minimum Gasteiger partial charge on any atom is -0.371 e. The molecule has 1 amide bonds. The SMILES string of the molecule is CCNC(=O)CNc1ccc(C=O)cc1[N+](=O)[O-]. The fourth-order valence-electron chi connectivity index (χ4n) is 1.36. The summed E-state index contributed by atoms with van der Waals surface area (Å²) >= 11 is 0. The highest BCUT2D eigenvalue weighted by molar-refractivity contribution is 5.83. The van der Waals surface area contributed by atoms with Crippen LogP contribution in [0.2, 0.25) is 0 Å². The van der Waals surface area contributed by atoms with Crippen molar-refractivity contribution in [3.63, 3.8) is 0 Å². The normalized spacial score (nSPS) is 9.61. The number of rotatable bonds is 6. The molecular weight excluding hydrogens is 238 g/mol. The first-order valence-corrected chi connectivity index (χ1v) is 5.32. The smallest absolute Gasteiger partial charge is 0.293 e. The van der Waals surface area contributed by atoms with E-state index in [0.717, 1.165) is 6.07 Å². The van der Waals surface area contributed by atoms with E-state index in [1.165, 1.54) is 12.1 Å². The van der Waals surface area contributed by atoms with Crippen molar-refractivity contribution in [1.82, 2.24) is 5.32 Å². The predicted molar refractivity (Wildman–Crippen MR) is 65.7 cm³/mol. The lowest BCUT2D eigenvalue weighted by Crippen LogP contribution is -2.29. The van der Waals surface area contributed by atoms with Crippen molar-refractivity contribution in [1.29, 1.82) is 0 Å². The zero-order valence-electron chi connectivity index (χ0n) is 9.80.